The number of fused-ring (bicyclic) bond motifs is 1. The van der Waals surface area contributed by atoms with Gasteiger partial charge >= 0.3 is 0 Å². The lowest BCUT2D eigenvalue weighted by atomic mass is 9.73. The number of hydrogen-bond acceptors (Lipinski definition) is 3. The molecule has 162 valence electrons. The standard InChI is InChI=1S/C26H23FN2O3/c27-21-9-5-4-8-20(21)26(32)28-14-22-25(23(16-30)29(22)24(31)15-28)19-12-10-18(11-13-19)17-6-2-1-3-7-17/h1-13,22-23,25,30H,14-16H2/t22-,23+,25-/m1/s1. The Morgan fingerprint density at radius 2 is 1.59 bits per heavy atom. The molecule has 2 amide bonds. The highest BCUT2D eigenvalue weighted by atomic mass is 19.1. The number of carbonyl (C=O) groups is 2. The van der Waals surface area contributed by atoms with Crippen LogP contribution in [0.2, 0.25) is 0 Å². The molecule has 5 nitrogen and oxygen atoms in total. The van der Waals surface area contributed by atoms with Crippen LogP contribution in [-0.4, -0.2) is 58.5 Å². The van der Waals surface area contributed by atoms with E-state index in [0.717, 1.165) is 16.7 Å². The summed E-state index contributed by atoms with van der Waals surface area (Å²) in [6.07, 6.45) is 0. The molecule has 32 heavy (non-hydrogen) atoms. The maximum atomic E-state index is 14.1. The Bertz CT molecular complexity index is 1150. The van der Waals surface area contributed by atoms with E-state index in [2.05, 4.69) is 0 Å². The van der Waals surface area contributed by atoms with Crippen molar-refractivity contribution >= 4 is 11.8 Å². The highest BCUT2D eigenvalue weighted by molar-refractivity contribution is 5.97. The van der Waals surface area contributed by atoms with Gasteiger partial charge in [0.2, 0.25) is 5.91 Å². The normalized spacial score (nSPS) is 22.3. The van der Waals surface area contributed by atoms with E-state index in [1.807, 2.05) is 54.6 Å². The monoisotopic (exact) mass is 430 g/mol. The minimum absolute atomic E-state index is 0.0319. The van der Waals surface area contributed by atoms with Crippen molar-refractivity contribution in [2.24, 2.45) is 0 Å². The van der Waals surface area contributed by atoms with Crippen LogP contribution >= 0.6 is 0 Å². The third-order valence-corrected chi connectivity index (χ3v) is 6.55. The van der Waals surface area contributed by atoms with Crippen molar-refractivity contribution in [1.82, 2.24) is 9.80 Å². The van der Waals surface area contributed by atoms with Gasteiger partial charge in [0.05, 0.1) is 24.3 Å². The van der Waals surface area contributed by atoms with Gasteiger partial charge in [0.25, 0.3) is 5.91 Å². The fourth-order valence-corrected chi connectivity index (χ4v) is 4.99. The SMILES string of the molecule is O=C(c1ccccc1F)N1CC(=O)N2[C@H](C1)[C@@H](c1ccc(-c3ccccc3)cc1)[C@@H]2CO. The van der Waals surface area contributed by atoms with Gasteiger partial charge in [-0.05, 0) is 28.8 Å². The second-order valence-corrected chi connectivity index (χ2v) is 8.30. The zero-order valence-corrected chi connectivity index (χ0v) is 17.4. The number of hydrogen-bond donors (Lipinski definition) is 1. The van der Waals surface area contributed by atoms with E-state index in [1.165, 1.54) is 23.1 Å². The molecule has 0 aliphatic carbocycles. The van der Waals surface area contributed by atoms with E-state index < -0.39 is 11.7 Å². The van der Waals surface area contributed by atoms with Crippen molar-refractivity contribution in [3.8, 4) is 11.1 Å². The van der Waals surface area contributed by atoms with Crippen molar-refractivity contribution in [1.29, 1.82) is 0 Å². The van der Waals surface area contributed by atoms with E-state index >= 15 is 0 Å². The fourth-order valence-electron chi connectivity index (χ4n) is 4.99. The second-order valence-electron chi connectivity index (χ2n) is 8.30. The molecule has 0 unspecified atom stereocenters. The Morgan fingerprint density at radius 3 is 2.28 bits per heavy atom. The molecule has 0 spiro atoms. The van der Waals surface area contributed by atoms with E-state index in [1.54, 1.807) is 11.0 Å². The number of halogens is 1. The molecule has 6 heteroatoms. The molecular formula is C26H23FN2O3. The first kappa shape index (κ1) is 20.4. The zero-order chi connectivity index (χ0) is 22.2. The summed E-state index contributed by atoms with van der Waals surface area (Å²) < 4.78 is 14.1. The van der Waals surface area contributed by atoms with Crippen LogP contribution in [0.25, 0.3) is 11.1 Å². The Morgan fingerprint density at radius 1 is 0.938 bits per heavy atom. The van der Waals surface area contributed by atoms with E-state index in [4.69, 9.17) is 0 Å². The third kappa shape index (κ3) is 3.37. The first-order valence-electron chi connectivity index (χ1n) is 10.7. The maximum absolute atomic E-state index is 14.1. The van der Waals surface area contributed by atoms with Gasteiger partial charge < -0.3 is 14.9 Å². The van der Waals surface area contributed by atoms with E-state index in [9.17, 15) is 19.1 Å². The van der Waals surface area contributed by atoms with Gasteiger partial charge in [0.15, 0.2) is 0 Å². The number of piperazine rings is 1. The van der Waals surface area contributed by atoms with Crippen molar-refractivity contribution < 1.29 is 19.1 Å². The number of rotatable bonds is 4. The Labute approximate surface area is 185 Å². The Balaban J connectivity index is 1.40. The lowest BCUT2D eigenvalue weighted by molar-refractivity contribution is -0.159. The molecule has 3 aromatic rings. The molecule has 0 aromatic heterocycles. The lowest BCUT2D eigenvalue weighted by Gasteiger charge is -2.58. The summed E-state index contributed by atoms with van der Waals surface area (Å²) in [6, 6.07) is 23.4. The molecule has 3 atom stereocenters. The number of aliphatic hydroxyl groups excluding tert-OH is 1. The highest BCUT2D eigenvalue weighted by Crippen LogP contribution is 2.43. The van der Waals surface area contributed by atoms with Crippen LogP contribution < -0.4 is 0 Å². The number of amides is 2. The van der Waals surface area contributed by atoms with Crippen LogP contribution in [0.5, 0.6) is 0 Å². The molecule has 1 N–H and O–H groups in total. The largest absolute Gasteiger partial charge is 0.394 e. The average Bonchev–Trinajstić information content (AvgIpc) is 2.81. The first-order chi connectivity index (χ1) is 15.6. The summed E-state index contributed by atoms with van der Waals surface area (Å²) in [5.74, 6) is -1.39. The number of carbonyl (C=O) groups excluding carboxylic acids is 2. The maximum Gasteiger partial charge on any atom is 0.257 e. The molecule has 3 aromatic carbocycles. The molecule has 5 rings (SSSR count). The van der Waals surface area contributed by atoms with Gasteiger partial charge in [-0.2, -0.15) is 0 Å². The highest BCUT2D eigenvalue weighted by Gasteiger charge is 2.54. The third-order valence-electron chi connectivity index (χ3n) is 6.55. The summed E-state index contributed by atoms with van der Waals surface area (Å²) in [4.78, 5) is 28.8. The van der Waals surface area contributed by atoms with Crippen LogP contribution in [0.3, 0.4) is 0 Å². The summed E-state index contributed by atoms with van der Waals surface area (Å²) in [5, 5.41) is 9.97. The van der Waals surface area contributed by atoms with Gasteiger partial charge in [-0.15, -0.1) is 0 Å². The van der Waals surface area contributed by atoms with Crippen LogP contribution in [0.1, 0.15) is 21.8 Å². The Hall–Kier alpha value is -3.51. The Kier molecular flexibility index (Phi) is 5.23. The predicted molar refractivity (Wildman–Crippen MR) is 118 cm³/mol. The topological polar surface area (TPSA) is 60.9 Å². The van der Waals surface area contributed by atoms with Crippen molar-refractivity contribution in [2.45, 2.75) is 18.0 Å². The summed E-state index contributed by atoms with van der Waals surface area (Å²) >= 11 is 0. The molecule has 2 aliphatic heterocycles. The lowest BCUT2D eigenvalue weighted by Crippen LogP contribution is -2.73. The summed E-state index contributed by atoms with van der Waals surface area (Å²) in [5.41, 5.74) is 3.18. The van der Waals surface area contributed by atoms with Gasteiger partial charge in [-0.25, -0.2) is 4.39 Å². The van der Waals surface area contributed by atoms with Crippen LogP contribution in [0.15, 0.2) is 78.9 Å². The van der Waals surface area contributed by atoms with E-state index in [-0.39, 0.29) is 42.6 Å². The molecule has 2 fully saturated rings. The van der Waals surface area contributed by atoms with Crippen molar-refractivity contribution in [2.75, 3.05) is 19.7 Å². The number of nitrogens with zero attached hydrogens (tertiary/aromatic N) is 2. The molecule has 2 aliphatic rings. The molecule has 0 saturated carbocycles. The smallest absolute Gasteiger partial charge is 0.257 e. The van der Waals surface area contributed by atoms with Crippen LogP contribution in [0.4, 0.5) is 4.39 Å². The summed E-state index contributed by atoms with van der Waals surface area (Å²) in [6.45, 7) is 0.0505. The number of benzene rings is 3. The predicted octanol–water partition coefficient (Wildman–Crippen LogP) is 3.30. The summed E-state index contributed by atoms with van der Waals surface area (Å²) in [7, 11) is 0. The quantitative estimate of drug-likeness (QED) is 0.691. The van der Waals surface area contributed by atoms with Crippen molar-refractivity contribution in [3.63, 3.8) is 0 Å². The molecule has 2 saturated heterocycles. The van der Waals surface area contributed by atoms with Crippen LogP contribution in [0, 0.1) is 5.82 Å². The fraction of sp³-hybridized carbons (Fsp3) is 0.231. The average molecular weight is 430 g/mol. The zero-order valence-electron chi connectivity index (χ0n) is 17.4. The van der Waals surface area contributed by atoms with Crippen molar-refractivity contribution in [3.05, 3.63) is 95.8 Å². The molecule has 0 radical (unpaired) electrons. The molecule has 2 heterocycles. The van der Waals surface area contributed by atoms with Gasteiger partial charge in [0, 0.05) is 12.5 Å². The minimum atomic E-state index is -0.595. The number of aliphatic hydroxyl groups is 1. The first-order valence-corrected chi connectivity index (χ1v) is 10.7. The minimum Gasteiger partial charge on any atom is -0.394 e. The van der Waals surface area contributed by atoms with E-state index in [0.29, 0.717) is 6.54 Å². The molecular weight excluding hydrogens is 407 g/mol. The van der Waals surface area contributed by atoms with Crippen LogP contribution in [-0.2, 0) is 4.79 Å². The van der Waals surface area contributed by atoms with Gasteiger partial charge in [-0.1, -0.05) is 66.7 Å². The van der Waals surface area contributed by atoms with Gasteiger partial charge in [-0.3, -0.25) is 9.59 Å². The molecule has 0 bridgehead atoms. The van der Waals surface area contributed by atoms with Gasteiger partial charge in [0.1, 0.15) is 12.4 Å². The second kappa shape index (κ2) is 8.20.